The first-order valence-electron chi connectivity index (χ1n) is 8.24. The lowest BCUT2D eigenvalue weighted by atomic mass is 9.96. The Morgan fingerprint density at radius 2 is 2.00 bits per heavy atom. The van der Waals surface area contributed by atoms with E-state index in [-0.39, 0.29) is 12.3 Å². The maximum Gasteiger partial charge on any atom is 0.187 e. The van der Waals surface area contributed by atoms with Crippen LogP contribution in [-0.2, 0) is 0 Å². The molecule has 3 nitrogen and oxygen atoms in total. The molecule has 2 aromatic carbocycles. The van der Waals surface area contributed by atoms with Crippen molar-refractivity contribution >= 4 is 28.9 Å². The molecule has 2 aliphatic heterocycles. The molecule has 124 valence electrons. The summed E-state index contributed by atoms with van der Waals surface area (Å²) in [5.74, 6) is 0.755. The van der Waals surface area contributed by atoms with E-state index in [0.717, 1.165) is 41.9 Å². The maximum absolute atomic E-state index is 6.39. The summed E-state index contributed by atoms with van der Waals surface area (Å²) in [5.41, 5.74) is 3.25. The molecule has 2 atom stereocenters. The van der Waals surface area contributed by atoms with Crippen LogP contribution in [0.5, 0.6) is 5.75 Å². The van der Waals surface area contributed by atoms with Gasteiger partial charge in [0, 0.05) is 23.4 Å². The third kappa shape index (κ3) is 2.66. The molecule has 0 aromatic heterocycles. The molecule has 0 aliphatic carbocycles. The van der Waals surface area contributed by atoms with E-state index in [9.17, 15) is 0 Å². The molecule has 2 heterocycles. The van der Waals surface area contributed by atoms with Crippen molar-refractivity contribution in [3.63, 3.8) is 0 Å². The van der Waals surface area contributed by atoms with Crippen LogP contribution in [0.4, 0.5) is 0 Å². The van der Waals surface area contributed by atoms with Crippen LogP contribution in [-0.4, -0.2) is 16.9 Å². The molecule has 0 spiro atoms. The Bertz CT molecular complexity index is 791. The monoisotopic (exact) mass is 360 g/mol. The number of ether oxygens (including phenoxy) is 1. The SMILES string of the molecule is CCC[C@@H]1Oc2c(Cl)cc(Cl)cc2[C@H]2CC(c3ccccc3)=NN12. The summed E-state index contributed by atoms with van der Waals surface area (Å²) in [5, 5.41) is 8.17. The minimum atomic E-state index is -0.0904. The molecule has 5 heteroatoms. The highest BCUT2D eigenvalue weighted by molar-refractivity contribution is 6.35. The van der Waals surface area contributed by atoms with Crippen LogP contribution in [0.1, 0.15) is 43.4 Å². The molecule has 0 saturated heterocycles. The maximum atomic E-state index is 6.39. The Balaban J connectivity index is 1.77. The number of nitrogens with zero attached hydrogens (tertiary/aromatic N) is 2. The summed E-state index contributed by atoms with van der Waals surface area (Å²) in [6, 6.07) is 14.1. The highest BCUT2D eigenvalue weighted by Crippen LogP contribution is 2.47. The first-order chi connectivity index (χ1) is 11.7. The van der Waals surface area contributed by atoms with Gasteiger partial charge in [0.2, 0.25) is 0 Å². The average molecular weight is 361 g/mol. The predicted molar refractivity (Wildman–Crippen MR) is 98.0 cm³/mol. The van der Waals surface area contributed by atoms with Crippen LogP contribution in [0, 0.1) is 0 Å². The minimum absolute atomic E-state index is 0.0904. The lowest BCUT2D eigenvalue weighted by Crippen LogP contribution is -2.40. The first kappa shape index (κ1) is 15.8. The van der Waals surface area contributed by atoms with E-state index in [0.29, 0.717) is 10.0 Å². The number of halogens is 2. The fourth-order valence-corrected chi connectivity index (χ4v) is 3.98. The van der Waals surface area contributed by atoms with Gasteiger partial charge in [-0.1, -0.05) is 66.9 Å². The number of hydrazone groups is 1. The summed E-state index contributed by atoms with van der Waals surface area (Å²) in [7, 11) is 0. The zero-order valence-electron chi connectivity index (χ0n) is 13.4. The van der Waals surface area contributed by atoms with E-state index < -0.39 is 0 Å². The van der Waals surface area contributed by atoms with Crippen LogP contribution >= 0.6 is 23.2 Å². The Labute approximate surface area is 151 Å². The summed E-state index contributed by atoms with van der Waals surface area (Å²) in [4.78, 5) is 0. The van der Waals surface area contributed by atoms with E-state index >= 15 is 0 Å². The van der Waals surface area contributed by atoms with Gasteiger partial charge in [0.05, 0.1) is 16.8 Å². The summed E-state index contributed by atoms with van der Waals surface area (Å²) < 4.78 is 6.18. The zero-order valence-corrected chi connectivity index (χ0v) is 14.9. The van der Waals surface area contributed by atoms with Crippen LogP contribution in [0.3, 0.4) is 0 Å². The molecule has 0 bridgehead atoms. The molecule has 0 N–H and O–H groups in total. The van der Waals surface area contributed by atoms with E-state index in [2.05, 4.69) is 24.1 Å². The molecular weight excluding hydrogens is 343 g/mol. The second-order valence-electron chi connectivity index (χ2n) is 6.18. The molecule has 2 aliphatic rings. The largest absolute Gasteiger partial charge is 0.467 e. The predicted octanol–water partition coefficient (Wildman–Crippen LogP) is 5.66. The van der Waals surface area contributed by atoms with Crippen LogP contribution in [0.2, 0.25) is 10.0 Å². The van der Waals surface area contributed by atoms with Crippen LogP contribution in [0.15, 0.2) is 47.6 Å². The third-order valence-electron chi connectivity index (χ3n) is 4.53. The molecule has 4 rings (SSSR count). The standard InChI is InChI=1S/C19H18Cl2N2O/c1-2-6-18-23-17(11-16(22-23)12-7-4-3-5-8-12)14-9-13(20)10-15(21)19(14)24-18/h3-5,7-10,17-18H,2,6,11H2,1H3/t17-,18+/m1/s1. The van der Waals surface area contributed by atoms with Gasteiger partial charge in [-0.15, -0.1) is 0 Å². The smallest absolute Gasteiger partial charge is 0.187 e. The quantitative estimate of drug-likeness (QED) is 0.704. The van der Waals surface area contributed by atoms with Crippen molar-refractivity contribution < 1.29 is 4.74 Å². The molecule has 0 saturated carbocycles. The van der Waals surface area contributed by atoms with Gasteiger partial charge in [0.25, 0.3) is 0 Å². The van der Waals surface area contributed by atoms with Crippen molar-refractivity contribution in [2.45, 2.75) is 38.5 Å². The Morgan fingerprint density at radius 3 is 2.75 bits per heavy atom. The number of hydrogen-bond acceptors (Lipinski definition) is 3. The van der Waals surface area contributed by atoms with Gasteiger partial charge in [0.15, 0.2) is 6.23 Å². The molecular formula is C19H18Cl2N2O. The van der Waals surface area contributed by atoms with E-state index in [1.54, 1.807) is 6.07 Å². The fourth-order valence-electron chi connectivity index (χ4n) is 3.43. The molecule has 0 unspecified atom stereocenters. The first-order valence-corrected chi connectivity index (χ1v) is 8.99. The topological polar surface area (TPSA) is 24.8 Å². The van der Waals surface area contributed by atoms with Gasteiger partial charge in [-0.25, -0.2) is 0 Å². The number of fused-ring (bicyclic) bond motifs is 3. The van der Waals surface area contributed by atoms with Gasteiger partial charge in [-0.2, -0.15) is 5.10 Å². The van der Waals surface area contributed by atoms with Gasteiger partial charge in [-0.05, 0) is 17.7 Å². The minimum Gasteiger partial charge on any atom is -0.467 e. The van der Waals surface area contributed by atoms with Gasteiger partial charge >= 0.3 is 0 Å². The summed E-state index contributed by atoms with van der Waals surface area (Å²) in [6.45, 7) is 2.15. The fraction of sp³-hybridized carbons (Fsp3) is 0.316. The molecule has 0 fully saturated rings. The van der Waals surface area contributed by atoms with Crippen molar-refractivity contribution in [3.05, 3.63) is 63.6 Å². The molecule has 0 amide bonds. The van der Waals surface area contributed by atoms with E-state index in [4.69, 9.17) is 33.0 Å². The lowest BCUT2D eigenvalue weighted by molar-refractivity contribution is -0.0222. The summed E-state index contributed by atoms with van der Waals surface area (Å²) >= 11 is 12.6. The Kier molecular flexibility index (Phi) is 4.15. The molecule has 0 radical (unpaired) electrons. The normalized spacial score (nSPS) is 21.8. The summed E-state index contributed by atoms with van der Waals surface area (Å²) in [6.07, 6.45) is 2.66. The van der Waals surface area contributed by atoms with Gasteiger partial charge < -0.3 is 4.74 Å². The van der Waals surface area contributed by atoms with Gasteiger partial charge in [-0.3, -0.25) is 5.01 Å². The second-order valence-corrected chi connectivity index (χ2v) is 7.02. The second kappa shape index (κ2) is 6.30. The zero-order chi connectivity index (χ0) is 16.7. The average Bonchev–Trinajstić information content (AvgIpc) is 3.03. The molecule has 24 heavy (non-hydrogen) atoms. The van der Waals surface area contributed by atoms with Crippen molar-refractivity contribution in [3.8, 4) is 5.75 Å². The molecule has 2 aromatic rings. The lowest BCUT2D eigenvalue weighted by Gasteiger charge is -2.38. The third-order valence-corrected chi connectivity index (χ3v) is 5.03. The van der Waals surface area contributed by atoms with E-state index in [1.807, 2.05) is 24.3 Å². The van der Waals surface area contributed by atoms with Gasteiger partial charge in [0.1, 0.15) is 5.75 Å². The van der Waals surface area contributed by atoms with Crippen LogP contribution < -0.4 is 4.74 Å². The number of benzene rings is 2. The van der Waals surface area contributed by atoms with Crippen molar-refractivity contribution in [2.24, 2.45) is 5.10 Å². The van der Waals surface area contributed by atoms with Crippen LogP contribution in [0.25, 0.3) is 0 Å². The Morgan fingerprint density at radius 1 is 1.21 bits per heavy atom. The number of rotatable bonds is 3. The van der Waals surface area contributed by atoms with E-state index in [1.165, 1.54) is 0 Å². The Hall–Kier alpha value is -1.71. The van der Waals surface area contributed by atoms with Crippen molar-refractivity contribution in [1.82, 2.24) is 5.01 Å². The number of hydrogen-bond donors (Lipinski definition) is 0. The highest BCUT2D eigenvalue weighted by Gasteiger charge is 2.40. The van der Waals surface area contributed by atoms with Crippen molar-refractivity contribution in [1.29, 1.82) is 0 Å². The highest BCUT2D eigenvalue weighted by atomic mass is 35.5. The van der Waals surface area contributed by atoms with Crippen molar-refractivity contribution in [2.75, 3.05) is 0 Å².